The molecule has 0 N–H and O–H groups in total. The van der Waals surface area contributed by atoms with Gasteiger partial charge in [-0.2, -0.15) is 4.90 Å². The average Bonchev–Trinajstić information content (AvgIpc) is 2.73. The first-order valence-electron chi connectivity index (χ1n) is 10.2. The molecule has 0 spiro atoms. The Bertz CT molecular complexity index is 813. The summed E-state index contributed by atoms with van der Waals surface area (Å²) in [7, 11) is -0.631. The second-order valence-electron chi connectivity index (χ2n) is 10.6. The monoisotopic (exact) mass is 453 g/mol. The lowest BCUT2D eigenvalue weighted by molar-refractivity contribution is 0.00578. The quantitative estimate of drug-likeness (QED) is 0.564. The maximum Gasteiger partial charge on any atom is 0.494 e. The zero-order chi connectivity index (χ0) is 24.0. The molecule has 1 fully saturated rings. The predicted octanol–water partition coefficient (Wildman–Crippen LogP) is 5.32. The fourth-order valence-electron chi connectivity index (χ4n) is 2.72. The standard InChI is InChI=1S/C22H33BClNO6/c1-19(2,3)28-17(26)25(18(27)29-20(4,5)6)16-12-11-14(13-15(16)24)23-30-21(7,8)22(9,10)31-23/h11-13H,1-10H3. The highest BCUT2D eigenvalue weighted by Gasteiger charge is 2.51. The Morgan fingerprint density at radius 3 is 1.68 bits per heavy atom. The Kier molecular flexibility index (Phi) is 6.83. The summed E-state index contributed by atoms with van der Waals surface area (Å²) in [5, 5.41) is 0.156. The molecule has 1 heterocycles. The van der Waals surface area contributed by atoms with Crippen LogP contribution in [0.25, 0.3) is 0 Å². The highest BCUT2D eigenvalue weighted by Crippen LogP contribution is 2.37. The molecule has 7 nitrogen and oxygen atoms in total. The van der Waals surface area contributed by atoms with Gasteiger partial charge in [0, 0.05) is 0 Å². The molecule has 1 aromatic carbocycles. The number of anilines is 1. The van der Waals surface area contributed by atoms with Crippen molar-refractivity contribution in [2.75, 3.05) is 4.90 Å². The highest BCUT2D eigenvalue weighted by atomic mass is 35.5. The van der Waals surface area contributed by atoms with Crippen LogP contribution in [0.3, 0.4) is 0 Å². The second-order valence-corrected chi connectivity index (χ2v) is 11.0. The molecule has 9 heteroatoms. The number of imide groups is 1. The Hall–Kier alpha value is -1.77. The molecule has 0 unspecified atom stereocenters. The molecule has 1 aromatic rings. The molecule has 2 amide bonds. The van der Waals surface area contributed by atoms with Crippen LogP contribution in [0.4, 0.5) is 15.3 Å². The molecule has 172 valence electrons. The van der Waals surface area contributed by atoms with Gasteiger partial charge in [-0.25, -0.2) is 9.59 Å². The molecule has 0 atom stereocenters. The molecule has 1 aliphatic rings. The fraction of sp³-hybridized carbons (Fsp3) is 0.636. The van der Waals surface area contributed by atoms with Crippen molar-refractivity contribution in [1.82, 2.24) is 0 Å². The lowest BCUT2D eigenvalue weighted by Gasteiger charge is -2.32. The van der Waals surface area contributed by atoms with Crippen molar-refractivity contribution < 1.29 is 28.4 Å². The molecule has 2 rings (SSSR count). The maximum atomic E-state index is 12.8. The summed E-state index contributed by atoms with van der Waals surface area (Å²) in [6, 6.07) is 4.86. The third-order valence-corrected chi connectivity index (χ3v) is 5.19. The lowest BCUT2D eigenvalue weighted by atomic mass is 9.79. The van der Waals surface area contributed by atoms with Gasteiger partial charge in [-0.05, 0) is 86.8 Å². The van der Waals surface area contributed by atoms with E-state index >= 15 is 0 Å². The number of benzene rings is 1. The summed E-state index contributed by atoms with van der Waals surface area (Å²) in [5.41, 5.74) is -1.84. The Balaban J connectivity index is 2.41. The summed E-state index contributed by atoms with van der Waals surface area (Å²) in [6.07, 6.45) is -1.76. The number of halogens is 1. The zero-order valence-electron chi connectivity index (χ0n) is 20.1. The van der Waals surface area contributed by atoms with Crippen molar-refractivity contribution >= 4 is 42.1 Å². The molecule has 1 saturated heterocycles. The Labute approximate surface area is 190 Å². The van der Waals surface area contributed by atoms with Gasteiger partial charge >= 0.3 is 19.3 Å². The topological polar surface area (TPSA) is 74.3 Å². The zero-order valence-corrected chi connectivity index (χ0v) is 20.8. The van der Waals surface area contributed by atoms with Crippen LogP contribution in [0.5, 0.6) is 0 Å². The number of ether oxygens (including phenoxy) is 2. The summed E-state index contributed by atoms with van der Waals surface area (Å²) >= 11 is 6.51. The third kappa shape index (κ3) is 6.15. The van der Waals surface area contributed by atoms with Crippen LogP contribution in [0, 0.1) is 0 Å². The van der Waals surface area contributed by atoms with Crippen molar-refractivity contribution in [3.63, 3.8) is 0 Å². The number of amides is 2. The van der Waals surface area contributed by atoms with Crippen LogP contribution in [-0.2, 0) is 18.8 Å². The van der Waals surface area contributed by atoms with Crippen molar-refractivity contribution in [2.24, 2.45) is 0 Å². The first kappa shape index (κ1) is 25.5. The minimum absolute atomic E-state index is 0.144. The molecular formula is C22H33BClNO6. The Morgan fingerprint density at radius 1 is 0.903 bits per heavy atom. The number of hydrogen-bond acceptors (Lipinski definition) is 6. The van der Waals surface area contributed by atoms with E-state index in [1.807, 2.05) is 27.7 Å². The van der Waals surface area contributed by atoms with Crippen LogP contribution >= 0.6 is 11.6 Å². The van der Waals surface area contributed by atoms with E-state index in [2.05, 4.69) is 0 Å². The van der Waals surface area contributed by atoms with Crippen LogP contribution in [0.1, 0.15) is 69.2 Å². The smallest absolute Gasteiger partial charge is 0.443 e. The van der Waals surface area contributed by atoms with Gasteiger partial charge in [-0.3, -0.25) is 0 Å². The van der Waals surface area contributed by atoms with Gasteiger partial charge < -0.3 is 18.8 Å². The summed E-state index contributed by atoms with van der Waals surface area (Å²) in [6.45, 7) is 18.1. The van der Waals surface area contributed by atoms with Crippen molar-refractivity contribution in [1.29, 1.82) is 0 Å². The van der Waals surface area contributed by atoms with Crippen LogP contribution in [-0.4, -0.2) is 41.7 Å². The van der Waals surface area contributed by atoms with E-state index in [0.29, 0.717) is 5.46 Å². The number of rotatable bonds is 2. The number of nitrogens with zero attached hydrogens (tertiary/aromatic N) is 1. The number of carbonyl (C=O) groups excluding carboxylic acids is 2. The molecule has 0 bridgehead atoms. The predicted molar refractivity (Wildman–Crippen MR) is 122 cm³/mol. The van der Waals surface area contributed by atoms with E-state index < -0.39 is 41.7 Å². The molecule has 0 aliphatic carbocycles. The fourth-order valence-corrected chi connectivity index (χ4v) is 2.99. The van der Waals surface area contributed by atoms with E-state index in [1.54, 1.807) is 59.7 Å². The van der Waals surface area contributed by atoms with E-state index in [-0.39, 0.29) is 10.7 Å². The third-order valence-electron chi connectivity index (χ3n) is 4.89. The molecule has 0 saturated carbocycles. The molecule has 0 radical (unpaired) electrons. The normalized spacial score (nSPS) is 18.0. The van der Waals surface area contributed by atoms with Crippen LogP contribution < -0.4 is 10.4 Å². The Morgan fingerprint density at radius 2 is 1.32 bits per heavy atom. The second kappa shape index (κ2) is 8.30. The van der Waals surface area contributed by atoms with Crippen molar-refractivity contribution in [3.8, 4) is 0 Å². The van der Waals surface area contributed by atoms with Gasteiger partial charge in [-0.15, -0.1) is 0 Å². The summed E-state index contributed by atoms with van der Waals surface area (Å²) < 4.78 is 22.9. The SMILES string of the molecule is CC(C)(C)OC(=O)N(C(=O)OC(C)(C)C)c1ccc(B2OC(C)(C)C(C)(C)O2)cc1Cl. The first-order chi connectivity index (χ1) is 13.8. The first-order valence-corrected chi connectivity index (χ1v) is 10.6. The average molecular weight is 454 g/mol. The van der Waals surface area contributed by atoms with Crippen molar-refractivity contribution in [3.05, 3.63) is 23.2 Å². The maximum absolute atomic E-state index is 12.8. The molecule has 0 aromatic heterocycles. The summed E-state index contributed by atoms with van der Waals surface area (Å²) in [5.74, 6) is 0. The van der Waals surface area contributed by atoms with Gasteiger partial charge in [0.25, 0.3) is 0 Å². The van der Waals surface area contributed by atoms with E-state index in [1.165, 1.54) is 0 Å². The largest absolute Gasteiger partial charge is 0.494 e. The van der Waals surface area contributed by atoms with Crippen LogP contribution in [0.2, 0.25) is 5.02 Å². The minimum atomic E-state index is -0.882. The molecular weight excluding hydrogens is 421 g/mol. The minimum Gasteiger partial charge on any atom is -0.443 e. The summed E-state index contributed by atoms with van der Waals surface area (Å²) in [4.78, 5) is 26.5. The van der Waals surface area contributed by atoms with Gasteiger partial charge in [0.2, 0.25) is 0 Å². The number of carbonyl (C=O) groups is 2. The number of hydrogen-bond donors (Lipinski definition) is 0. The van der Waals surface area contributed by atoms with Gasteiger partial charge in [0.1, 0.15) is 11.2 Å². The van der Waals surface area contributed by atoms with Gasteiger partial charge in [-0.1, -0.05) is 17.7 Å². The van der Waals surface area contributed by atoms with E-state index in [0.717, 1.165) is 4.90 Å². The molecule has 31 heavy (non-hydrogen) atoms. The van der Waals surface area contributed by atoms with Crippen LogP contribution in [0.15, 0.2) is 18.2 Å². The van der Waals surface area contributed by atoms with E-state index in [4.69, 9.17) is 30.4 Å². The van der Waals surface area contributed by atoms with Crippen molar-refractivity contribution in [2.45, 2.75) is 91.6 Å². The van der Waals surface area contributed by atoms with Gasteiger partial charge in [0.05, 0.1) is 21.9 Å². The van der Waals surface area contributed by atoms with E-state index in [9.17, 15) is 9.59 Å². The highest BCUT2D eigenvalue weighted by molar-refractivity contribution is 6.62. The van der Waals surface area contributed by atoms with Gasteiger partial charge in [0.15, 0.2) is 0 Å². The molecule has 1 aliphatic heterocycles. The lowest BCUT2D eigenvalue weighted by Crippen LogP contribution is -2.44.